The number of benzene rings is 3. The van der Waals surface area contributed by atoms with Gasteiger partial charge in [-0.1, -0.05) is 54.6 Å². The Bertz CT molecular complexity index is 1070. The normalized spacial score (nSPS) is 11.9. The maximum absolute atomic E-state index is 10.0. The van der Waals surface area contributed by atoms with Crippen molar-refractivity contribution in [1.82, 2.24) is 9.97 Å². The number of phenols is 1. The van der Waals surface area contributed by atoms with E-state index in [9.17, 15) is 5.11 Å². The van der Waals surface area contributed by atoms with Crippen LogP contribution in [0.3, 0.4) is 0 Å². The molecule has 1 unspecified atom stereocenters. The molecule has 1 atom stereocenters. The van der Waals surface area contributed by atoms with Crippen LogP contribution >= 0.6 is 0 Å². The molecule has 0 fully saturated rings. The lowest BCUT2D eigenvalue weighted by molar-refractivity contribution is 0.477. The Kier molecular flexibility index (Phi) is 4.58. The molecule has 134 valence electrons. The quantitative estimate of drug-likeness (QED) is 0.426. The minimum atomic E-state index is 0.0856. The Morgan fingerprint density at radius 1 is 0.815 bits per heavy atom. The number of rotatable bonds is 5. The Labute approximate surface area is 157 Å². The van der Waals surface area contributed by atoms with Crippen molar-refractivity contribution < 1.29 is 5.11 Å². The third-order valence-corrected chi connectivity index (χ3v) is 4.41. The average molecular weight is 356 g/mol. The second-order valence-corrected chi connectivity index (χ2v) is 6.33. The van der Waals surface area contributed by atoms with Crippen LogP contribution in [0.25, 0.3) is 10.9 Å². The van der Waals surface area contributed by atoms with E-state index in [1.165, 1.54) is 5.56 Å². The lowest BCUT2D eigenvalue weighted by Gasteiger charge is -2.17. The molecule has 0 bridgehead atoms. The Hall–Kier alpha value is -3.60. The van der Waals surface area contributed by atoms with Crippen LogP contribution in [0.2, 0.25) is 0 Å². The SMILES string of the molecule is CC(Nc1nc(Nc2ccccc2O)nc2ccccc12)c1ccccc1. The third kappa shape index (κ3) is 3.67. The fraction of sp³-hybridized carbons (Fsp3) is 0.0909. The summed E-state index contributed by atoms with van der Waals surface area (Å²) in [6, 6.07) is 25.2. The number of fused-ring (bicyclic) bond motifs is 1. The summed E-state index contributed by atoms with van der Waals surface area (Å²) in [6.45, 7) is 2.10. The molecular formula is C22H20N4O. The van der Waals surface area contributed by atoms with Crippen molar-refractivity contribution in [2.24, 2.45) is 0 Å². The molecule has 4 aromatic rings. The largest absolute Gasteiger partial charge is 0.506 e. The van der Waals surface area contributed by atoms with Crippen molar-refractivity contribution in [3.8, 4) is 5.75 Å². The van der Waals surface area contributed by atoms with Crippen LogP contribution in [-0.2, 0) is 0 Å². The maximum Gasteiger partial charge on any atom is 0.229 e. The number of hydrogen-bond acceptors (Lipinski definition) is 5. The molecule has 0 aliphatic rings. The molecule has 4 rings (SSSR count). The number of anilines is 3. The second-order valence-electron chi connectivity index (χ2n) is 6.33. The minimum absolute atomic E-state index is 0.0856. The monoisotopic (exact) mass is 356 g/mol. The summed E-state index contributed by atoms with van der Waals surface area (Å²) >= 11 is 0. The topological polar surface area (TPSA) is 70.1 Å². The van der Waals surface area contributed by atoms with Crippen LogP contribution < -0.4 is 10.6 Å². The van der Waals surface area contributed by atoms with E-state index in [1.54, 1.807) is 18.2 Å². The molecule has 0 saturated carbocycles. The van der Waals surface area contributed by atoms with Gasteiger partial charge in [-0.25, -0.2) is 4.98 Å². The van der Waals surface area contributed by atoms with E-state index in [2.05, 4.69) is 39.7 Å². The van der Waals surface area contributed by atoms with Crippen molar-refractivity contribution in [3.63, 3.8) is 0 Å². The zero-order valence-electron chi connectivity index (χ0n) is 14.9. The summed E-state index contributed by atoms with van der Waals surface area (Å²) in [7, 11) is 0. The average Bonchev–Trinajstić information content (AvgIpc) is 2.70. The van der Waals surface area contributed by atoms with Gasteiger partial charge in [-0.2, -0.15) is 4.98 Å². The van der Waals surface area contributed by atoms with Gasteiger partial charge in [0, 0.05) is 11.4 Å². The molecule has 5 heteroatoms. The Morgan fingerprint density at radius 3 is 2.33 bits per heavy atom. The second kappa shape index (κ2) is 7.33. The lowest BCUT2D eigenvalue weighted by atomic mass is 10.1. The fourth-order valence-electron chi connectivity index (χ4n) is 2.97. The smallest absolute Gasteiger partial charge is 0.229 e. The summed E-state index contributed by atoms with van der Waals surface area (Å²) in [4.78, 5) is 9.24. The van der Waals surface area contributed by atoms with Crippen LogP contribution in [0, 0.1) is 0 Å². The summed E-state index contributed by atoms with van der Waals surface area (Å²) in [5.41, 5.74) is 2.57. The lowest BCUT2D eigenvalue weighted by Crippen LogP contribution is -2.10. The van der Waals surface area contributed by atoms with E-state index in [1.807, 2.05) is 48.5 Å². The molecule has 1 aromatic heterocycles. The summed E-state index contributed by atoms with van der Waals surface area (Å²) in [5.74, 6) is 1.33. The molecule has 0 amide bonds. The van der Waals surface area contributed by atoms with Gasteiger partial charge in [-0.3, -0.25) is 0 Å². The molecule has 3 N–H and O–H groups in total. The van der Waals surface area contributed by atoms with Crippen molar-refractivity contribution in [3.05, 3.63) is 84.4 Å². The van der Waals surface area contributed by atoms with Gasteiger partial charge in [0.2, 0.25) is 5.95 Å². The first-order valence-electron chi connectivity index (χ1n) is 8.84. The van der Waals surface area contributed by atoms with Crippen LogP contribution in [0.5, 0.6) is 5.75 Å². The standard InChI is InChI=1S/C22H20N4O/c1-15(16-9-3-2-4-10-16)23-21-17-11-5-6-12-18(17)24-22(26-21)25-19-13-7-8-14-20(19)27/h2-15,27H,1H3,(H2,23,24,25,26). The molecule has 5 nitrogen and oxygen atoms in total. The highest BCUT2D eigenvalue weighted by molar-refractivity contribution is 5.90. The van der Waals surface area contributed by atoms with Crippen LogP contribution in [0.4, 0.5) is 17.5 Å². The first-order chi connectivity index (χ1) is 13.2. The van der Waals surface area contributed by atoms with Crippen molar-refractivity contribution >= 4 is 28.4 Å². The van der Waals surface area contributed by atoms with Crippen molar-refractivity contribution in [2.45, 2.75) is 13.0 Å². The minimum Gasteiger partial charge on any atom is -0.506 e. The van der Waals surface area contributed by atoms with Gasteiger partial charge < -0.3 is 15.7 Å². The van der Waals surface area contributed by atoms with Crippen LogP contribution in [0.15, 0.2) is 78.9 Å². The number of hydrogen-bond donors (Lipinski definition) is 3. The highest BCUT2D eigenvalue weighted by Gasteiger charge is 2.12. The van der Waals surface area contributed by atoms with E-state index in [0.29, 0.717) is 11.6 Å². The van der Waals surface area contributed by atoms with E-state index < -0.39 is 0 Å². The van der Waals surface area contributed by atoms with Crippen molar-refractivity contribution in [2.75, 3.05) is 10.6 Å². The van der Waals surface area contributed by atoms with Gasteiger partial charge >= 0.3 is 0 Å². The van der Waals surface area contributed by atoms with Gasteiger partial charge in [0.15, 0.2) is 0 Å². The van der Waals surface area contributed by atoms with Crippen molar-refractivity contribution in [1.29, 1.82) is 0 Å². The zero-order valence-corrected chi connectivity index (χ0v) is 14.9. The molecule has 1 heterocycles. The number of nitrogens with one attached hydrogen (secondary N) is 2. The molecule has 0 spiro atoms. The molecule has 0 radical (unpaired) electrons. The Balaban J connectivity index is 1.71. The van der Waals surface area contributed by atoms with Crippen LogP contribution in [-0.4, -0.2) is 15.1 Å². The van der Waals surface area contributed by atoms with E-state index in [-0.39, 0.29) is 11.8 Å². The molecule has 3 aromatic carbocycles. The number of para-hydroxylation sites is 3. The predicted octanol–water partition coefficient (Wildman–Crippen LogP) is 5.25. The number of aromatic hydroxyl groups is 1. The highest BCUT2D eigenvalue weighted by atomic mass is 16.3. The number of aromatic nitrogens is 2. The van der Waals surface area contributed by atoms with Gasteiger partial charge in [-0.15, -0.1) is 0 Å². The first-order valence-corrected chi connectivity index (χ1v) is 8.84. The zero-order chi connectivity index (χ0) is 18.6. The first kappa shape index (κ1) is 16.8. The molecule has 27 heavy (non-hydrogen) atoms. The summed E-state index contributed by atoms with van der Waals surface area (Å²) < 4.78 is 0. The van der Waals surface area contributed by atoms with Gasteiger partial charge in [0.25, 0.3) is 0 Å². The van der Waals surface area contributed by atoms with Gasteiger partial charge in [-0.05, 0) is 36.8 Å². The predicted molar refractivity (Wildman–Crippen MR) is 109 cm³/mol. The van der Waals surface area contributed by atoms with Crippen LogP contribution in [0.1, 0.15) is 18.5 Å². The van der Waals surface area contributed by atoms with Gasteiger partial charge in [0.1, 0.15) is 11.6 Å². The summed E-state index contributed by atoms with van der Waals surface area (Å²) in [5, 5.41) is 17.6. The number of nitrogens with zero attached hydrogens (tertiary/aromatic N) is 2. The molecule has 0 saturated heterocycles. The molecule has 0 aliphatic heterocycles. The van der Waals surface area contributed by atoms with Gasteiger partial charge in [0.05, 0.1) is 11.2 Å². The van der Waals surface area contributed by atoms with E-state index in [4.69, 9.17) is 0 Å². The maximum atomic E-state index is 10.0. The highest BCUT2D eigenvalue weighted by Crippen LogP contribution is 2.29. The third-order valence-electron chi connectivity index (χ3n) is 4.41. The molecule has 0 aliphatic carbocycles. The fourth-order valence-corrected chi connectivity index (χ4v) is 2.97. The van der Waals surface area contributed by atoms with E-state index in [0.717, 1.165) is 16.7 Å². The number of phenolic OH excluding ortho intramolecular Hbond substituents is 1. The summed E-state index contributed by atoms with van der Waals surface area (Å²) in [6.07, 6.45) is 0. The Morgan fingerprint density at radius 2 is 1.52 bits per heavy atom. The molecular weight excluding hydrogens is 336 g/mol. The van der Waals surface area contributed by atoms with E-state index >= 15 is 0 Å².